The summed E-state index contributed by atoms with van der Waals surface area (Å²) >= 11 is 1.48. The molecule has 6 heteroatoms. The van der Waals surface area contributed by atoms with Crippen molar-refractivity contribution >= 4 is 34.8 Å². The molecular formula is C10H18ClN3OS. The van der Waals surface area contributed by atoms with Crippen molar-refractivity contribution < 1.29 is 4.79 Å². The molecule has 92 valence electrons. The minimum Gasteiger partial charge on any atom is -0.319 e. The Hall–Kier alpha value is -0.650. The topological polar surface area (TPSA) is 54.0 Å². The molecule has 0 spiro atoms. The number of aromatic nitrogens is 1. The maximum atomic E-state index is 11.4. The van der Waals surface area contributed by atoms with Gasteiger partial charge in [0.1, 0.15) is 0 Å². The predicted molar refractivity (Wildman–Crippen MR) is 70.6 cm³/mol. The van der Waals surface area contributed by atoms with E-state index in [1.54, 1.807) is 0 Å². The normalized spacial score (nSPS) is 10.0. The smallest absolute Gasteiger partial charge is 0.227 e. The van der Waals surface area contributed by atoms with E-state index in [2.05, 4.69) is 29.5 Å². The van der Waals surface area contributed by atoms with Gasteiger partial charge in [-0.15, -0.1) is 23.7 Å². The number of hydrogen-bond donors (Lipinski definition) is 2. The van der Waals surface area contributed by atoms with E-state index in [0.29, 0.717) is 24.0 Å². The highest BCUT2D eigenvalue weighted by molar-refractivity contribution is 7.13. The minimum atomic E-state index is 0. The average molecular weight is 264 g/mol. The summed E-state index contributed by atoms with van der Waals surface area (Å²) in [5, 5.41) is 8.39. The molecule has 1 heterocycles. The van der Waals surface area contributed by atoms with E-state index >= 15 is 0 Å². The van der Waals surface area contributed by atoms with Crippen LogP contribution in [0.2, 0.25) is 0 Å². The molecule has 2 N–H and O–H groups in total. The SMILES string of the molecule is CNCCC(=O)Nc1nc(C(C)C)cs1.Cl. The van der Waals surface area contributed by atoms with Gasteiger partial charge < -0.3 is 10.6 Å². The monoisotopic (exact) mass is 263 g/mol. The summed E-state index contributed by atoms with van der Waals surface area (Å²) in [6.45, 7) is 4.86. The molecule has 1 aromatic rings. The third-order valence-electron chi connectivity index (χ3n) is 1.96. The van der Waals surface area contributed by atoms with E-state index in [0.717, 1.165) is 5.69 Å². The third-order valence-corrected chi connectivity index (χ3v) is 2.74. The summed E-state index contributed by atoms with van der Waals surface area (Å²) in [4.78, 5) is 15.7. The van der Waals surface area contributed by atoms with Gasteiger partial charge in [-0.3, -0.25) is 4.79 Å². The highest BCUT2D eigenvalue weighted by atomic mass is 35.5. The van der Waals surface area contributed by atoms with Gasteiger partial charge in [0.2, 0.25) is 5.91 Å². The molecule has 0 aliphatic heterocycles. The molecule has 1 rings (SSSR count). The molecular weight excluding hydrogens is 246 g/mol. The Morgan fingerprint density at radius 3 is 2.75 bits per heavy atom. The summed E-state index contributed by atoms with van der Waals surface area (Å²) in [6.07, 6.45) is 0.479. The van der Waals surface area contributed by atoms with Crippen molar-refractivity contribution in [2.45, 2.75) is 26.2 Å². The molecule has 0 saturated carbocycles. The van der Waals surface area contributed by atoms with Crippen molar-refractivity contribution in [3.05, 3.63) is 11.1 Å². The van der Waals surface area contributed by atoms with Crippen LogP contribution in [0.25, 0.3) is 0 Å². The number of carbonyl (C=O) groups is 1. The summed E-state index contributed by atoms with van der Waals surface area (Å²) < 4.78 is 0. The van der Waals surface area contributed by atoms with Crippen LogP contribution in [0.3, 0.4) is 0 Å². The molecule has 0 saturated heterocycles. The number of hydrogen-bond acceptors (Lipinski definition) is 4. The largest absolute Gasteiger partial charge is 0.319 e. The molecule has 4 nitrogen and oxygen atoms in total. The van der Waals surface area contributed by atoms with Crippen LogP contribution in [0.4, 0.5) is 5.13 Å². The number of carbonyl (C=O) groups excluding carboxylic acids is 1. The Morgan fingerprint density at radius 2 is 2.25 bits per heavy atom. The second kappa shape index (κ2) is 7.60. The first-order valence-electron chi connectivity index (χ1n) is 5.03. The number of nitrogens with one attached hydrogen (secondary N) is 2. The van der Waals surface area contributed by atoms with E-state index in [9.17, 15) is 4.79 Å². The first-order chi connectivity index (χ1) is 7.13. The second-order valence-electron chi connectivity index (χ2n) is 3.63. The van der Waals surface area contributed by atoms with Crippen molar-refractivity contribution in [1.29, 1.82) is 0 Å². The van der Waals surface area contributed by atoms with E-state index in [1.165, 1.54) is 11.3 Å². The standard InChI is InChI=1S/C10H17N3OS.ClH/c1-7(2)8-6-15-10(12-8)13-9(14)4-5-11-3;/h6-7,11H,4-5H2,1-3H3,(H,12,13,14);1H. The number of halogens is 1. The van der Waals surface area contributed by atoms with Gasteiger partial charge in [-0.05, 0) is 13.0 Å². The van der Waals surface area contributed by atoms with E-state index in [4.69, 9.17) is 0 Å². The lowest BCUT2D eigenvalue weighted by Gasteiger charge is -2.01. The van der Waals surface area contributed by atoms with E-state index < -0.39 is 0 Å². The Kier molecular flexibility index (Phi) is 7.29. The number of rotatable bonds is 5. The van der Waals surface area contributed by atoms with Crippen LogP contribution < -0.4 is 10.6 Å². The van der Waals surface area contributed by atoms with Crippen LogP contribution in [0, 0.1) is 0 Å². The van der Waals surface area contributed by atoms with Crippen LogP contribution in [0.15, 0.2) is 5.38 Å². The van der Waals surface area contributed by atoms with Crippen molar-refractivity contribution in [2.24, 2.45) is 0 Å². The van der Waals surface area contributed by atoms with Crippen LogP contribution in [-0.2, 0) is 4.79 Å². The van der Waals surface area contributed by atoms with Crippen molar-refractivity contribution in [3.8, 4) is 0 Å². The van der Waals surface area contributed by atoms with Crippen LogP contribution >= 0.6 is 23.7 Å². The van der Waals surface area contributed by atoms with Crippen LogP contribution in [-0.4, -0.2) is 24.5 Å². The van der Waals surface area contributed by atoms with Gasteiger partial charge in [-0.1, -0.05) is 13.8 Å². The maximum absolute atomic E-state index is 11.4. The highest BCUT2D eigenvalue weighted by Crippen LogP contribution is 2.21. The lowest BCUT2D eigenvalue weighted by molar-refractivity contribution is -0.116. The zero-order chi connectivity index (χ0) is 11.3. The fourth-order valence-electron chi connectivity index (χ4n) is 1.03. The fourth-order valence-corrected chi connectivity index (χ4v) is 1.92. The molecule has 1 aromatic heterocycles. The predicted octanol–water partition coefficient (Wildman–Crippen LogP) is 2.24. The Labute approximate surface area is 106 Å². The first-order valence-corrected chi connectivity index (χ1v) is 5.91. The molecule has 0 unspecified atom stereocenters. The highest BCUT2D eigenvalue weighted by Gasteiger charge is 2.07. The Balaban J connectivity index is 0.00000225. The average Bonchev–Trinajstić information content (AvgIpc) is 2.63. The van der Waals surface area contributed by atoms with Crippen LogP contribution in [0.1, 0.15) is 31.9 Å². The van der Waals surface area contributed by atoms with Crippen molar-refractivity contribution in [1.82, 2.24) is 10.3 Å². The third kappa shape index (κ3) is 4.92. The lowest BCUT2D eigenvalue weighted by Crippen LogP contribution is -2.18. The maximum Gasteiger partial charge on any atom is 0.227 e. The van der Waals surface area contributed by atoms with Gasteiger partial charge in [0.25, 0.3) is 0 Å². The molecule has 16 heavy (non-hydrogen) atoms. The molecule has 0 atom stereocenters. The van der Waals surface area contributed by atoms with Crippen molar-refractivity contribution in [2.75, 3.05) is 18.9 Å². The van der Waals surface area contributed by atoms with Gasteiger partial charge in [0, 0.05) is 18.3 Å². The zero-order valence-electron chi connectivity index (χ0n) is 9.74. The van der Waals surface area contributed by atoms with Gasteiger partial charge in [-0.2, -0.15) is 0 Å². The number of nitrogens with zero attached hydrogens (tertiary/aromatic N) is 1. The first kappa shape index (κ1) is 15.3. The molecule has 0 aromatic carbocycles. The Bertz CT molecular complexity index is 328. The van der Waals surface area contributed by atoms with E-state index in [1.807, 2.05) is 12.4 Å². The Morgan fingerprint density at radius 1 is 1.56 bits per heavy atom. The summed E-state index contributed by atoms with van der Waals surface area (Å²) in [5.41, 5.74) is 1.03. The van der Waals surface area contributed by atoms with Gasteiger partial charge in [-0.25, -0.2) is 4.98 Å². The lowest BCUT2D eigenvalue weighted by atomic mass is 10.2. The van der Waals surface area contributed by atoms with E-state index in [-0.39, 0.29) is 18.3 Å². The van der Waals surface area contributed by atoms with Crippen LogP contribution in [0.5, 0.6) is 0 Å². The van der Waals surface area contributed by atoms with Gasteiger partial charge in [0.05, 0.1) is 5.69 Å². The number of amides is 1. The molecule has 0 aliphatic carbocycles. The molecule has 0 fully saturated rings. The molecule has 0 aliphatic rings. The van der Waals surface area contributed by atoms with Gasteiger partial charge >= 0.3 is 0 Å². The summed E-state index contributed by atoms with van der Waals surface area (Å²) in [6, 6.07) is 0. The number of anilines is 1. The molecule has 1 amide bonds. The quantitative estimate of drug-likeness (QED) is 0.857. The minimum absolute atomic E-state index is 0. The molecule has 0 bridgehead atoms. The van der Waals surface area contributed by atoms with Crippen molar-refractivity contribution in [3.63, 3.8) is 0 Å². The summed E-state index contributed by atoms with van der Waals surface area (Å²) in [5.74, 6) is 0.415. The van der Waals surface area contributed by atoms with Gasteiger partial charge in [0.15, 0.2) is 5.13 Å². The number of thiazole rings is 1. The second-order valence-corrected chi connectivity index (χ2v) is 4.49. The zero-order valence-corrected chi connectivity index (χ0v) is 11.4. The molecule has 0 radical (unpaired) electrons. The summed E-state index contributed by atoms with van der Waals surface area (Å²) in [7, 11) is 1.83. The fraction of sp³-hybridized carbons (Fsp3) is 0.600.